The minimum absolute atomic E-state index is 0.0345. The molecule has 2 aromatic rings. The lowest BCUT2D eigenvalue weighted by Crippen LogP contribution is -2.46. The van der Waals surface area contributed by atoms with Crippen molar-refractivity contribution < 1.29 is 14.0 Å². The van der Waals surface area contributed by atoms with Gasteiger partial charge in [0.15, 0.2) is 0 Å². The second-order valence-electron chi connectivity index (χ2n) is 7.58. The topological polar surface area (TPSA) is 49.4 Å². The summed E-state index contributed by atoms with van der Waals surface area (Å²) in [5.41, 5.74) is 2.41. The number of rotatable bonds is 3. The number of nitrogens with zero attached hydrogens (tertiary/aromatic N) is 1. The first-order valence-electron chi connectivity index (χ1n) is 9.47. The molecule has 2 amide bonds. The smallest absolute Gasteiger partial charge is 0.254 e. The minimum Gasteiger partial charge on any atom is -0.333 e. The Bertz CT molecular complexity index is 851. The fourth-order valence-electron chi connectivity index (χ4n) is 4.60. The van der Waals surface area contributed by atoms with Crippen molar-refractivity contribution in [1.29, 1.82) is 0 Å². The van der Waals surface area contributed by atoms with Gasteiger partial charge in [-0.1, -0.05) is 18.2 Å². The van der Waals surface area contributed by atoms with Crippen molar-refractivity contribution >= 4 is 17.5 Å². The molecule has 2 aromatic carbocycles. The molecule has 5 heteroatoms. The Morgan fingerprint density at radius 3 is 2.33 bits per heavy atom. The number of halogens is 1. The fourth-order valence-corrected chi connectivity index (χ4v) is 4.60. The molecular weight excluding hydrogens is 343 g/mol. The monoisotopic (exact) mass is 366 g/mol. The van der Waals surface area contributed by atoms with E-state index in [9.17, 15) is 14.0 Å². The van der Waals surface area contributed by atoms with Gasteiger partial charge in [0.25, 0.3) is 5.91 Å². The quantitative estimate of drug-likeness (QED) is 0.879. The van der Waals surface area contributed by atoms with Gasteiger partial charge in [-0.3, -0.25) is 9.59 Å². The van der Waals surface area contributed by atoms with Crippen LogP contribution in [0.4, 0.5) is 10.1 Å². The van der Waals surface area contributed by atoms with Crippen LogP contribution in [-0.4, -0.2) is 28.8 Å². The number of hydrogen-bond acceptors (Lipinski definition) is 2. The van der Waals surface area contributed by atoms with Crippen LogP contribution in [-0.2, 0) is 4.79 Å². The summed E-state index contributed by atoms with van der Waals surface area (Å²) in [5.74, 6) is 0.0401. The highest BCUT2D eigenvalue weighted by Crippen LogP contribution is 2.43. The van der Waals surface area contributed by atoms with Gasteiger partial charge in [0, 0.05) is 30.3 Å². The summed E-state index contributed by atoms with van der Waals surface area (Å²) in [6, 6.07) is 14.3. The number of amides is 2. The molecule has 2 atom stereocenters. The second-order valence-corrected chi connectivity index (χ2v) is 7.58. The molecule has 140 valence electrons. The minimum atomic E-state index is -0.214. The maximum absolute atomic E-state index is 13.2. The zero-order valence-corrected chi connectivity index (χ0v) is 15.3. The van der Waals surface area contributed by atoms with E-state index in [1.807, 2.05) is 17.0 Å². The van der Waals surface area contributed by atoms with Crippen LogP contribution in [0.1, 0.15) is 54.4 Å². The third kappa shape index (κ3) is 3.59. The van der Waals surface area contributed by atoms with E-state index in [0.29, 0.717) is 17.2 Å². The van der Waals surface area contributed by atoms with Gasteiger partial charge in [0.2, 0.25) is 5.91 Å². The maximum Gasteiger partial charge on any atom is 0.254 e. The van der Waals surface area contributed by atoms with Crippen molar-refractivity contribution in [2.75, 3.05) is 5.32 Å². The van der Waals surface area contributed by atoms with Crippen molar-refractivity contribution in [2.24, 2.45) is 0 Å². The Kier molecular flexibility index (Phi) is 4.68. The molecule has 2 saturated heterocycles. The molecule has 4 nitrogen and oxygen atoms in total. The summed E-state index contributed by atoms with van der Waals surface area (Å²) in [5, 5.41) is 2.73. The largest absolute Gasteiger partial charge is 0.333 e. The number of carbonyl (C=O) groups excluding carboxylic acids is 2. The summed E-state index contributed by atoms with van der Waals surface area (Å²) in [6.45, 7) is 1.45. The molecule has 1 N–H and O–H groups in total. The molecule has 0 aromatic heterocycles. The van der Waals surface area contributed by atoms with E-state index in [2.05, 4.69) is 5.32 Å². The number of anilines is 1. The number of carbonyl (C=O) groups is 2. The predicted octanol–water partition coefficient (Wildman–Crippen LogP) is 4.33. The molecule has 0 radical (unpaired) electrons. The van der Waals surface area contributed by atoms with Gasteiger partial charge >= 0.3 is 0 Å². The number of nitrogens with one attached hydrogen (secondary N) is 1. The summed E-state index contributed by atoms with van der Waals surface area (Å²) in [7, 11) is 0. The standard InChI is InChI=1S/C22H23FN2O2/c1-14(26)24-19-4-2-3-16(11-19)22(27)25-20-9-10-21(25)13-17(12-20)15-5-7-18(23)8-6-15/h2-8,11,17,20-21H,9-10,12-13H2,1H3,(H,24,26). The predicted molar refractivity (Wildman–Crippen MR) is 102 cm³/mol. The van der Waals surface area contributed by atoms with Gasteiger partial charge in [0.1, 0.15) is 5.82 Å². The zero-order chi connectivity index (χ0) is 19.0. The highest BCUT2D eigenvalue weighted by molar-refractivity contribution is 5.97. The highest BCUT2D eigenvalue weighted by atomic mass is 19.1. The van der Waals surface area contributed by atoms with E-state index >= 15 is 0 Å². The zero-order valence-electron chi connectivity index (χ0n) is 15.3. The molecule has 2 aliphatic rings. The normalized spacial score (nSPS) is 23.9. The average Bonchev–Trinajstić information content (AvgIpc) is 2.91. The molecule has 0 saturated carbocycles. The van der Waals surface area contributed by atoms with Crippen molar-refractivity contribution in [1.82, 2.24) is 4.90 Å². The Morgan fingerprint density at radius 1 is 1.04 bits per heavy atom. The van der Waals surface area contributed by atoms with Gasteiger partial charge in [-0.15, -0.1) is 0 Å². The number of benzene rings is 2. The Hall–Kier alpha value is -2.69. The van der Waals surface area contributed by atoms with E-state index in [0.717, 1.165) is 31.2 Å². The Morgan fingerprint density at radius 2 is 1.70 bits per heavy atom. The van der Waals surface area contributed by atoms with Crippen LogP contribution in [0.15, 0.2) is 48.5 Å². The molecular formula is C22H23FN2O2. The first-order chi connectivity index (χ1) is 13.0. The van der Waals surface area contributed by atoms with Crippen LogP contribution in [0.2, 0.25) is 0 Å². The summed E-state index contributed by atoms with van der Waals surface area (Å²) >= 11 is 0. The van der Waals surface area contributed by atoms with Crippen LogP contribution in [0, 0.1) is 5.82 Å². The lowest BCUT2D eigenvalue weighted by atomic mass is 9.85. The molecule has 2 fully saturated rings. The summed E-state index contributed by atoms with van der Waals surface area (Å²) in [4.78, 5) is 26.5. The van der Waals surface area contributed by atoms with E-state index in [1.165, 1.54) is 19.1 Å². The van der Waals surface area contributed by atoms with E-state index < -0.39 is 0 Å². The first-order valence-corrected chi connectivity index (χ1v) is 9.47. The van der Waals surface area contributed by atoms with Gasteiger partial charge < -0.3 is 10.2 Å². The van der Waals surface area contributed by atoms with Gasteiger partial charge in [-0.2, -0.15) is 0 Å². The molecule has 2 bridgehead atoms. The second kappa shape index (κ2) is 7.14. The SMILES string of the molecule is CC(=O)Nc1cccc(C(=O)N2C3CCC2CC(c2ccc(F)cc2)C3)c1. The van der Waals surface area contributed by atoms with E-state index in [4.69, 9.17) is 0 Å². The van der Waals surface area contributed by atoms with Crippen molar-refractivity contribution in [3.8, 4) is 0 Å². The molecule has 4 rings (SSSR count). The van der Waals surface area contributed by atoms with Gasteiger partial charge in [0.05, 0.1) is 0 Å². The van der Waals surface area contributed by atoms with E-state index in [1.54, 1.807) is 24.3 Å². The average molecular weight is 366 g/mol. The Balaban J connectivity index is 1.52. The molecule has 2 unspecified atom stereocenters. The molecule has 0 aliphatic carbocycles. The van der Waals surface area contributed by atoms with Crippen LogP contribution < -0.4 is 5.32 Å². The van der Waals surface area contributed by atoms with Crippen molar-refractivity contribution in [3.05, 3.63) is 65.5 Å². The van der Waals surface area contributed by atoms with Crippen LogP contribution >= 0.6 is 0 Å². The summed E-state index contributed by atoms with van der Waals surface area (Å²) in [6.07, 6.45) is 3.86. The van der Waals surface area contributed by atoms with Gasteiger partial charge in [-0.25, -0.2) is 4.39 Å². The number of fused-ring (bicyclic) bond motifs is 2. The van der Waals surface area contributed by atoms with Crippen molar-refractivity contribution in [2.45, 2.75) is 50.6 Å². The number of piperidine rings is 1. The lowest BCUT2D eigenvalue weighted by molar-refractivity contribution is -0.114. The molecule has 2 heterocycles. The van der Waals surface area contributed by atoms with Gasteiger partial charge in [-0.05, 0) is 67.5 Å². The van der Waals surface area contributed by atoms with E-state index in [-0.39, 0.29) is 29.7 Å². The first kappa shape index (κ1) is 17.7. The Labute approximate surface area is 158 Å². The third-order valence-corrected chi connectivity index (χ3v) is 5.74. The van der Waals surface area contributed by atoms with Crippen LogP contribution in [0.3, 0.4) is 0 Å². The highest BCUT2D eigenvalue weighted by Gasteiger charge is 2.43. The summed E-state index contributed by atoms with van der Waals surface area (Å²) < 4.78 is 13.2. The third-order valence-electron chi connectivity index (χ3n) is 5.74. The van der Waals surface area contributed by atoms with Crippen LogP contribution in [0.25, 0.3) is 0 Å². The lowest BCUT2D eigenvalue weighted by Gasteiger charge is -2.39. The number of hydrogen-bond donors (Lipinski definition) is 1. The fraction of sp³-hybridized carbons (Fsp3) is 0.364. The molecule has 27 heavy (non-hydrogen) atoms. The van der Waals surface area contributed by atoms with Crippen LogP contribution in [0.5, 0.6) is 0 Å². The maximum atomic E-state index is 13.2. The molecule has 2 aliphatic heterocycles. The van der Waals surface area contributed by atoms with Crippen molar-refractivity contribution in [3.63, 3.8) is 0 Å². The molecule has 0 spiro atoms.